The average molecular weight is 227 g/mol. The molecule has 2 rings (SSSR count). The van der Waals surface area contributed by atoms with E-state index in [1.165, 1.54) is 0 Å². The Morgan fingerprint density at radius 1 is 1.29 bits per heavy atom. The molecule has 0 saturated heterocycles. The molecule has 1 aliphatic carbocycles. The lowest BCUT2D eigenvalue weighted by Gasteiger charge is -2.18. The van der Waals surface area contributed by atoms with Crippen LogP contribution in [0.1, 0.15) is 12.0 Å². The molecule has 1 aromatic carbocycles. The fourth-order valence-electron chi connectivity index (χ4n) is 1.94. The summed E-state index contributed by atoms with van der Waals surface area (Å²) in [6, 6.07) is 7.48. The van der Waals surface area contributed by atoms with Crippen molar-refractivity contribution in [2.75, 3.05) is 0 Å². The van der Waals surface area contributed by atoms with E-state index in [-0.39, 0.29) is 5.82 Å². The van der Waals surface area contributed by atoms with Gasteiger partial charge in [-0.2, -0.15) is 0 Å². The van der Waals surface area contributed by atoms with Gasteiger partial charge in [-0.1, -0.05) is 48.0 Å². The van der Waals surface area contributed by atoms with Crippen LogP contribution in [0.3, 0.4) is 0 Å². The number of rotatable bonds is 3. The zero-order chi connectivity index (χ0) is 12.3. The van der Waals surface area contributed by atoms with Crippen molar-refractivity contribution in [2.45, 2.75) is 12.2 Å². The molecular formula is C12H13B2O3. The second-order valence-corrected chi connectivity index (χ2v) is 4.11. The van der Waals surface area contributed by atoms with Gasteiger partial charge < -0.3 is 15.1 Å². The van der Waals surface area contributed by atoms with Crippen molar-refractivity contribution in [3.8, 4) is 0 Å². The Bertz CT molecular complexity index is 455. The molecule has 0 aromatic heterocycles. The first kappa shape index (κ1) is 12.2. The van der Waals surface area contributed by atoms with Gasteiger partial charge >= 0.3 is 14.6 Å². The van der Waals surface area contributed by atoms with Crippen LogP contribution in [0.5, 0.6) is 0 Å². The summed E-state index contributed by atoms with van der Waals surface area (Å²) >= 11 is 0. The van der Waals surface area contributed by atoms with Crippen LogP contribution in [0.15, 0.2) is 42.5 Å². The molecule has 3 nitrogen and oxygen atoms in total. The summed E-state index contributed by atoms with van der Waals surface area (Å²) in [5.74, 6) is -0.267. The largest absolute Gasteiger partial charge is 0.459 e. The highest BCUT2D eigenvalue weighted by Crippen LogP contribution is 2.30. The number of hydrogen-bond acceptors (Lipinski definition) is 3. The van der Waals surface area contributed by atoms with Crippen molar-refractivity contribution in [3.63, 3.8) is 0 Å². The van der Waals surface area contributed by atoms with Gasteiger partial charge in [0.15, 0.2) is 0 Å². The van der Waals surface area contributed by atoms with Crippen molar-refractivity contribution >= 4 is 25.6 Å². The number of benzene rings is 1. The molecule has 0 bridgehead atoms. The minimum absolute atomic E-state index is 0.267. The van der Waals surface area contributed by atoms with Crippen molar-refractivity contribution < 1.29 is 15.1 Å². The van der Waals surface area contributed by atoms with Crippen LogP contribution in [0.4, 0.5) is 0 Å². The standard InChI is InChI=1S/C12H13B2O3/c15-13-11-5-1-3-9(7-11)10-4-2-6-12(8-10)14(16)17/h1-7,12,15-17H,8H2. The zero-order valence-electron chi connectivity index (χ0n) is 9.32. The second kappa shape index (κ2) is 5.36. The molecule has 3 N–H and O–H groups in total. The minimum atomic E-state index is -1.33. The van der Waals surface area contributed by atoms with Gasteiger partial charge in [-0.15, -0.1) is 0 Å². The van der Waals surface area contributed by atoms with E-state index in [9.17, 15) is 10.0 Å². The molecule has 0 fully saturated rings. The lowest BCUT2D eigenvalue weighted by molar-refractivity contribution is 0.395. The van der Waals surface area contributed by atoms with Crippen LogP contribution in [0.25, 0.3) is 5.57 Å². The lowest BCUT2D eigenvalue weighted by Crippen LogP contribution is -2.20. The van der Waals surface area contributed by atoms with E-state index in [4.69, 9.17) is 5.02 Å². The third-order valence-corrected chi connectivity index (χ3v) is 2.90. The van der Waals surface area contributed by atoms with Gasteiger partial charge in [0.2, 0.25) is 0 Å². The fraction of sp³-hybridized carbons (Fsp3) is 0.167. The Labute approximate surface area is 102 Å². The summed E-state index contributed by atoms with van der Waals surface area (Å²) in [6.07, 6.45) is 6.16. The molecule has 0 amide bonds. The first-order valence-electron chi connectivity index (χ1n) is 5.52. The second-order valence-electron chi connectivity index (χ2n) is 4.11. The van der Waals surface area contributed by atoms with Gasteiger partial charge in [0.1, 0.15) is 0 Å². The molecule has 1 atom stereocenters. The van der Waals surface area contributed by atoms with E-state index < -0.39 is 7.12 Å². The molecule has 85 valence electrons. The van der Waals surface area contributed by atoms with Crippen LogP contribution in [-0.2, 0) is 0 Å². The topological polar surface area (TPSA) is 60.7 Å². The van der Waals surface area contributed by atoms with Crippen LogP contribution in [0, 0.1) is 0 Å². The highest BCUT2D eigenvalue weighted by Gasteiger charge is 2.23. The smallest absolute Gasteiger partial charge is 0.450 e. The Morgan fingerprint density at radius 2 is 2.12 bits per heavy atom. The van der Waals surface area contributed by atoms with Gasteiger partial charge in [-0.05, 0) is 17.6 Å². The average Bonchev–Trinajstić information content (AvgIpc) is 2.39. The molecule has 1 unspecified atom stereocenters. The van der Waals surface area contributed by atoms with Crippen LogP contribution in [-0.4, -0.2) is 29.7 Å². The molecular weight excluding hydrogens is 214 g/mol. The first-order valence-corrected chi connectivity index (χ1v) is 5.52. The van der Waals surface area contributed by atoms with Gasteiger partial charge in [0, 0.05) is 5.82 Å². The van der Waals surface area contributed by atoms with E-state index >= 15 is 0 Å². The third kappa shape index (κ3) is 2.88. The van der Waals surface area contributed by atoms with E-state index in [2.05, 4.69) is 0 Å². The summed E-state index contributed by atoms with van der Waals surface area (Å²) in [4.78, 5) is 0. The SMILES string of the molecule is O[B]c1cccc(C2=CC=CC(B(O)O)C2)c1. The highest BCUT2D eigenvalue weighted by atomic mass is 16.4. The molecule has 1 aromatic rings. The van der Waals surface area contributed by atoms with Crippen LogP contribution >= 0.6 is 0 Å². The Hall–Kier alpha value is -1.29. The predicted molar refractivity (Wildman–Crippen MR) is 69.7 cm³/mol. The molecule has 5 heteroatoms. The molecule has 0 saturated carbocycles. The van der Waals surface area contributed by atoms with Gasteiger partial charge in [-0.3, -0.25) is 0 Å². The number of hydrogen-bond donors (Lipinski definition) is 3. The molecule has 1 radical (unpaired) electrons. The van der Waals surface area contributed by atoms with Gasteiger partial charge in [0.05, 0.1) is 0 Å². The first-order chi connectivity index (χ1) is 8.20. The van der Waals surface area contributed by atoms with Gasteiger partial charge in [0.25, 0.3) is 0 Å². The molecule has 0 aliphatic heterocycles. The lowest BCUT2D eigenvalue weighted by atomic mass is 9.67. The maximum absolute atomic E-state index is 9.17. The molecule has 0 heterocycles. The zero-order valence-corrected chi connectivity index (χ0v) is 9.32. The summed E-state index contributed by atoms with van der Waals surface area (Å²) in [5, 5.41) is 27.3. The Morgan fingerprint density at radius 3 is 2.82 bits per heavy atom. The van der Waals surface area contributed by atoms with Gasteiger partial charge in [-0.25, -0.2) is 0 Å². The third-order valence-electron chi connectivity index (χ3n) is 2.90. The highest BCUT2D eigenvalue weighted by molar-refractivity contribution is 6.45. The van der Waals surface area contributed by atoms with Crippen molar-refractivity contribution in [2.24, 2.45) is 0 Å². The summed E-state index contributed by atoms with van der Waals surface area (Å²) < 4.78 is 0. The molecule has 1 aliphatic rings. The summed E-state index contributed by atoms with van der Waals surface area (Å²) in [7, 11) is -0.274. The van der Waals surface area contributed by atoms with E-state index in [0.29, 0.717) is 6.42 Å². The van der Waals surface area contributed by atoms with Crippen molar-refractivity contribution in [1.82, 2.24) is 0 Å². The quantitative estimate of drug-likeness (QED) is 0.642. The number of allylic oxidation sites excluding steroid dienone is 4. The van der Waals surface area contributed by atoms with E-state index in [1.807, 2.05) is 30.4 Å². The Kier molecular flexibility index (Phi) is 3.84. The summed E-state index contributed by atoms with van der Waals surface area (Å²) in [6.45, 7) is 0. The summed E-state index contributed by atoms with van der Waals surface area (Å²) in [5.41, 5.74) is 2.76. The maximum atomic E-state index is 9.17. The minimum Gasteiger partial charge on any atom is -0.450 e. The fourth-order valence-corrected chi connectivity index (χ4v) is 1.94. The molecule has 17 heavy (non-hydrogen) atoms. The van der Waals surface area contributed by atoms with E-state index in [0.717, 1.165) is 24.1 Å². The van der Waals surface area contributed by atoms with E-state index in [1.54, 1.807) is 12.1 Å². The molecule has 0 spiro atoms. The van der Waals surface area contributed by atoms with Crippen LogP contribution in [0.2, 0.25) is 5.82 Å². The van der Waals surface area contributed by atoms with Crippen LogP contribution < -0.4 is 5.46 Å². The Balaban J connectivity index is 2.22. The normalized spacial score (nSPS) is 18.8. The maximum Gasteiger partial charge on any atom is 0.459 e. The van der Waals surface area contributed by atoms with Crippen molar-refractivity contribution in [1.29, 1.82) is 0 Å². The monoisotopic (exact) mass is 227 g/mol. The predicted octanol–water partition coefficient (Wildman–Crippen LogP) is 0.110. The van der Waals surface area contributed by atoms with Crippen molar-refractivity contribution in [3.05, 3.63) is 48.1 Å².